The van der Waals surface area contributed by atoms with Gasteiger partial charge in [0, 0.05) is 17.5 Å². The van der Waals surface area contributed by atoms with Crippen LogP contribution < -0.4 is 10.6 Å². The second-order valence-electron chi connectivity index (χ2n) is 5.97. The highest BCUT2D eigenvalue weighted by molar-refractivity contribution is 6.01. The molecule has 5 nitrogen and oxygen atoms in total. The summed E-state index contributed by atoms with van der Waals surface area (Å²) in [7, 11) is 1.31. The molecular formula is C23H20N2O3. The molecule has 0 spiro atoms. The van der Waals surface area contributed by atoms with Gasteiger partial charge in [0.15, 0.2) is 0 Å². The van der Waals surface area contributed by atoms with Gasteiger partial charge in [0.05, 0.1) is 7.11 Å². The van der Waals surface area contributed by atoms with Crippen molar-refractivity contribution in [2.75, 3.05) is 17.7 Å². The van der Waals surface area contributed by atoms with Crippen LogP contribution in [0.3, 0.4) is 0 Å². The molecule has 0 unspecified atom stereocenters. The molecule has 0 aliphatic rings. The minimum Gasteiger partial charge on any atom is -0.466 e. The second kappa shape index (κ2) is 9.19. The van der Waals surface area contributed by atoms with E-state index in [0.29, 0.717) is 16.9 Å². The van der Waals surface area contributed by atoms with E-state index in [-0.39, 0.29) is 6.03 Å². The maximum atomic E-state index is 12.3. The topological polar surface area (TPSA) is 67.4 Å². The number of benzene rings is 3. The van der Waals surface area contributed by atoms with Crippen LogP contribution in [-0.4, -0.2) is 19.1 Å². The minimum absolute atomic E-state index is 0.369. The second-order valence-corrected chi connectivity index (χ2v) is 5.97. The number of methoxy groups -OCH3 is 1. The maximum absolute atomic E-state index is 12.3. The van der Waals surface area contributed by atoms with E-state index in [2.05, 4.69) is 15.4 Å². The zero-order valence-electron chi connectivity index (χ0n) is 15.4. The van der Waals surface area contributed by atoms with E-state index >= 15 is 0 Å². The molecule has 0 saturated carbocycles. The number of ether oxygens (including phenoxy) is 1. The van der Waals surface area contributed by atoms with Gasteiger partial charge in [-0.05, 0) is 41.0 Å². The van der Waals surface area contributed by atoms with Gasteiger partial charge in [0.25, 0.3) is 0 Å². The number of nitrogens with one attached hydrogen (secondary N) is 2. The molecule has 0 heterocycles. The fourth-order valence-electron chi connectivity index (χ4n) is 2.64. The van der Waals surface area contributed by atoms with Crippen molar-refractivity contribution in [1.82, 2.24) is 0 Å². The summed E-state index contributed by atoms with van der Waals surface area (Å²) >= 11 is 0. The van der Waals surface area contributed by atoms with E-state index in [4.69, 9.17) is 0 Å². The third-order valence-electron chi connectivity index (χ3n) is 4.06. The van der Waals surface area contributed by atoms with Crippen LogP contribution in [0.5, 0.6) is 0 Å². The molecule has 0 atom stereocenters. The van der Waals surface area contributed by atoms with Crippen molar-refractivity contribution in [3.8, 4) is 11.1 Å². The smallest absolute Gasteiger partial charge is 0.330 e. The molecule has 140 valence electrons. The van der Waals surface area contributed by atoms with Gasteiger partial charge < -0.3 is 15.4 Å². The molecule has 28 heavy (non-hydrogen) atoms. The number of hydrogen-bond acceptors (Lipinski definition) is 3. The van der Waals surface area contributed by atoms with Gasteiger partial charge in [-0.25, -0.2) is 9.59 Å². The van der Waals surface area contributed by atoms with Gasteiger partial charge in [0.1, 0.15) is 0 Å². The van der Waals surface area contributed by atoms with Crippen LogP contribution in [0.1, 0.15) is 5.56 Å². The summed E-state index contributed by atoms with van der Waals surface area (Å²) in [4.78, 5) is 23.6. The first-order valence-electron chi connectivity index (χ1n) is 8.74. The van der Waals surface area contributed by atoms with Gasteiger partial charge in [0.2, 0.25) is 0 Å². The zero-order chi connectivity index (χ0) is 19.8. The molecule has 0 aliphatic heterocycles. The lowest BCUT2D eigenvalue weighted by atomic mass is 10.1. The Bertz CT molecular complexity index is 980. The van der Waals surface area contributed by atoms with Crippen molar-refractivity contribution >= 4 is 29.5 Å². The molecule has 0 fully saturated rings. The molecule has 5 heteroatoms. The molecule has 3 rings (SSSR count). The van der Waals surface area contributed by atoms with Gasteiger partial charge >= 0.3 is 12.0 Å². The summed E-state index contributed by atoms with van der Waals surface area (Å²) < 4.78 is 4.59. The Morgan fingerprint density at radius 2 is 1.43 bits per heavy atom. The lowest BCUT2D eigenvalue weighted by Crippen LogP contribution is -2.19. The van der Waals surface area contributed by atoms with Crippen molar-refractivity contribution in [3.63, 3.8) is 0 Å². The van der Waals surface area contributed by atoms with Crippen LogP contribution >= 0.6 is 0 Å². The molecule has 3 aromatic carbocycles. The SMILES string of the molecule is COC(=O)/C=C/c1ccccc1NC(=O)Nc1ccc(-c2ccccc2)cc1. The number of hydrogen-bond donors (Lipinski definition) is 2. The number of anilines is 2. The molecular weight excluding hydrogens is 352 g/mol. The number of para-hydroxylation sites is 1. The average Bonchev–Trinajstić information content (AvgIpc) is 2.74. The van der Waals surface area contributed by atoms with Gasteiger partial charge in [-0.3, -0.25) is 0 Å². The summed E-state index contributed by atoms with van der Waals surface area (Å²) in [5, 5.41) is 5.60. The van der Waals surface area contributed by atoms with E-state index in [1.807, 2.05) is 60.7 Å². The lowest BCUT2D eigenvalue weighted by Gasteiger charge is -2.10. The fourth-order valence-corrected chi connectivity index (χ4v) is 2.64. The summed E-state index contributed by atoms with van der Waals surface area (Å²) in [6, 6.07) is 24.4. The number of amides is 2. The molecule has 0 saturated heterocycles. The summed E-state index contributed by atoms with van der Waals surface area (Å²) in [5.74, 6) is -0.460. The van der Waals surface area contributed by atoms with Crippen molar-refractivity contribution in [1.29, 1.82) is 0 Å². The van der Waals surface area contributed by atoms with E-state index in [0.717, 1.165) is 11.1 Å². The highest BCUT2D eigenvalue weighted by atomic mass is 16.5. The zero-order valence-corrected chi connectivity index (χ0v) is 15.4. The first-order valence-corrected chi connectivity index (χ1v) is 8.74. The molecule has 0 radical (unpaired) electrons. The maximum Gasteiger partial charge on any atom is 0.330 e. The highest BCUT2D eigenvalue weighted by Crippen LogP contribution is 2.21. The predicted octanol–water partition coefficient (Wildman–Crippen LogP) is 5.18. The van der Waals surface area contributed by atoms with Gasteiger partial charge in [-0.15, -0.1) is 0 Å². The number of rotatable bonds is 5. The molecule has 3 aromatic rings. The molecule has 0 aromatic heterocycles. The third-order valence-corrected chi connectivity index (χ3v) is 4.06. The normalized spacial score (nSPS) is 10.5. The number of carbonyl (C=O) groups excluding carboxylic acids is 2. The van der Waals surface area contributed by atoms with Crippen LogP contribution in [0, 0.1) is 0 Å². The largest absolute Gasteiger partial charge is 0.466 e. The number of carbonyl (C=O) groups is 2. The van der Waals surface area contributed by atoms with Crippen LogP contribution in [-0.2, 0) is 9.53 Å². The Balaban J connectivity index is 1.66. The monoisotopic (exact) mass is 372 g/mol. The van der Waals surface area contributed by atoms with Gasteiger partial charge in [-0.1, -0.05) is 60.7 Å². The average molecular weight is 372 g/mol. The first kappa shape index (κ1) is 18.9. The molecule has 0 aliphatic carbocycles. The molecule has 2 amide bonds. The van der Waals surface area contributed by atoms with E-state index in [1.54, 1.807) is 24.3 Å². The molecule has 0 bridgehead atoms. The van der Waals surface area contributed by atoms with Crippen molar-refractivity contribution in [2.45, 2.75) is 0 Å². The van der Waals surface area contributed by atoms with E-state index in [1.165, 1.54) is 13.2 Å². The summed E-state index contributed by atoms with van der Waals surface area (Å²) in [6.45, 7) is 0. The first-order chi connectivity index (χ1) is 13.7. The summed E-state index contributed by atoms with van der Waals surface area (Å²) in [5.41, 5.74) is 4.15. The lowest BCUT2D eigenvalue weighted by molar-refractivity contribution is -0.134. The quantitative estimate of drug-likeness (QED) is 0.479. The third kappa shape index (κ3) is 5.08. The van der Waals surface area contributed by atoms with Crippen LogP contribution in [0.15, 0.2) is 84.9 Å². The van der Waals surface area contributed by atoms with Crippen LogP contribution in [0.4, 0.5) is 16.2 Å². The Hall–Kier alpha value is -3.86. The van der Waals surface area contributed by atoms with Crippen LogP contribution in [0.2, 0.25) is 0 Å². The van der Waals surface area contributed by atoms with Crippen LogP contribution in [0.25, 0.3) is 17.2 Å². The standard InChI is InChI=1S/C23H20N2O3/c1-28-22(26)16-13-19-9-5-6-10-21(19)25-23(27)24-20-14-11-18(12-15-20)17-7-3-2-4-8-17/h2-16H,1H3,(H2,24,25,27)/b16-13+. The molecule has 2 N–H and O–H groups in total. The minimum atomic E-state index is -0.460. The highest BCUT2D eigenvalue weighted by Gasteiger charge is 2.06. The predicted molar refractivity (Wildman–Crippen MR) is 112 cm³/mol. The Labute approximate surface area is 163 Å². The summed E-state index contributed by atoms with van der Waals surface area (Å²) in [6.07, 6.45) is 2.90. The number of esters is 1. The Kier molecular flexibility index (Phi) is 6.21. The number of urea groups is 1. The Morgan fingerprint density at radius 3 is 2.14 bits per heavy atom. The van der Waals surface area contributed by atoms with E-state index in [9.17, 15) is 9.59 Å². The van der Waals surface area contributed by atoms with Crippen molar-refractivity contribution in [3.05, 3.63) is 90.5 Å². The Morgan fingerprint density at radius 1 is 0.786 bits per heavy atom. The fraction of sp³-hybridized carbons (Fsp3) is 0.0435. The van der Waals surface area contributed by atoms with Crippen molar-refractivity contribution in [2.24, 2.45) is 0 Å². The van der Waals surface area contributed by atoms with E-state index < -0.39 is 5.97 Å². The van der Waals surface area contributed by atoms with Gasteiger partial charge in [-0.2, -0.15) is 0 Å². The van der Waals surface area contributed by atoms with Crippen molar-refractivity contribution < 1.29 is 14.3 Å².